The third-order valence-corrected chi connectivity index (χ3v) is 5.78. The fraction of sp³-hybridized carbons (Fsp3) is 0.650. The minimum absolute atomic E-state index is 0.0479. The predicted molar refractivity (Wildman–Crippen MR) is 100 cm³/mol. The standard InChI is InChI=1S/C20H28N4O2/c1-11(2)18-17-15(9-16(13-4-5-13)22-19(17)26-23-18)20(25)24-7-6-12(3)8-14(24)10-21/h9,11-14H,4-8,10,21H2,1-3H3. The number of nitrogens with two attached hydrogens (primary N) is 1. The number of hydrogen-bond donors (Lipinski definition) is 1. The van der Waals surface area contributed by atoms with Crippen molar-refractivity contribution in [1.82, 2.24) is 15.0 Å². The molecule has 6 nitrogen and oxygen atoms in total. The second kappa shape index (κ2) is 6.65. The van der Waals surface area contributed by atoms with Gasteiger partial charge in [0.1, 0.15) is 0 Å². The first-order valence-electron chi connectivity index (χ1n) is 9.80. The van der Waals surface area contributed by atoms with Gasteiger partial charge in [0.15, 0.2) is 0 Å². The molecule has 26 heavy (non-hydrogen) atoms. The predicted octanol–water partition coefficient (Wildman–Crippen LogP) is 3.42. The van der Waals surface area contributed by atoms with Gasteiger partial charge in [0.2, 0.25) is 0 Å². The van der Waals surface area contributed by atoms with Gasteiger partial charge in [-0.2, -0.15) is 0 Å². The van der Waals surface area contributed by atoms with Crippen LogP contribution in [-0.4, -0.2) is 40.1 Å². The molecule has 1 amide bonds. The van der Waals surface area contributed by atoms with Crippen LogP contribution in [0, 0.1) is 5.92 Å². The van der Waals surface area contributed by atoms with E-state index in [1.165, 1.54) is 0 Å². The van der Waals surface area contributed by atoms with Gasteiger partial charge in [-0.25, -0.2) is 4.98 Å². The summed E-state index contributed by atoms with van der Waals surface area (Å²) >= 11 is 0. The molecule has 1 aliphatic carbocycles. The van der Waals surface area contributed by atoms with Gasteiger partial charge >= 0.3 is 0 Å². The first kappa shape index (κ1) is 17.5. The van der Waals surface area contributed by atoms with Gasteiger partial charge in [0.05, 0.1) is 16.6 Å². The first-order valence-corrected chi connectivity index (χ1v) is 9.80. The van der Waals surface area contributed by atoms with E-state index in [0.29, 0.717) is 29.7 Å². The van der Waals surface area contributed by atoms with Gasteiger partial charge in [-0.1, -0.05) is 25.9 Å². The number of rotatable bonds is 4. The maximum absolute atomic E-state index is 13.5. The second-order valence-electron chi connectivity index (χ2n) is 8.29. The molecule has 6 heteroatoms. The van der Waals surface area contributed by atoms with Crippen LogP contribution in [0.15, 0.2) is 10.6 Å². The molecule has 2 N–H and O–H groups in total. The fourth-order valence-electron chi connectivity index (χ4n) is 4.04. The highest BCUT2D eigenvalue weighted by molar-refractivity contribution is 6.06. The van der Waals surface area contributed by atoms with Crippen LogP contribution in [0.4, 0.5) is 0 Å². The third-order valence-electron chi connectivity index (χ3n) is 5.78. The molecule has 2 unspecified atom stereocenters. The molecule has 2 fully saturated rings. The lowest BCUT2D eigenvalue weighted by Crippen LogP contribution is -2.49. The summed E-state index contributed by atoms with van der Waals surface area (Å²) in [5.41, 5.74) is 8.95. The summed E-state index contributed by atoms with van der Waals surface area (Å²) in [5.74, 6) is 1.27. The highest BCUT2D eigenvalue weighted by Gasteiger charge is 2.34. The van der Waals surface area contributed by atoms with Crippen molar-refractivity contribution in [3.63, 3.8) is 0 Å². The lowest BCUT2D eigenvalue weighted by Gasteiger charge is -2.38. The Morgan fingerprint density at radius 1 is 1.38 bits per heavy atom. The van der Waals surface area contributed by atoms with E-state index in [2.05, 4.69) is 30.9 Å². The number of carbonyl (C=O) groups excluding carboxylic acids is 1. The van der Waals surface area contributed by atoms with Crippen molar-refractivity contribution >= 4 is 17.0 Å². The lowest BCUT2D eigenvalue weighted by atomic mass is 9.91. The molecule has 0 radical (unpaired) electrons. The van der Waals surface area contributed by atoms with Crippen molar-refractivity contribution in [2.45, 2.75) is 64.3 Å². The van der Waals surface area contributed by atoms with Gasteiger partial charge in [-0.15, -0.1) is 0 Å². The van der Waals surface area contributed by atoms with Crippen LogP contribution in [0.5, 0.6) is 0 Å². The van der Waals surface area contributed by atoms with Gasteiger partial charge < -0.3 is 15.2 Å². The summed E-state index contributed by atoms with van der Waals surface area (Å²) in [5, 5.41) is 5.00. The summed E-state index contributed by atoms with van der Waals surface area (Å²) in [7, 11) is 0. The van der Waals surface area contributed by atoms with Gasteiger partial charge in [0.25, 0.3) is 11.6 Å². The normalized spacial score (nSPS) is 23.8. The minimum atomic E-state index is 0.0479. The van der Waals surface area contributed by atoms with E-state index >= 15 is 0 Å². The first-order chi connectivity index (χ1) is 12.5. The van der Waals surface area contributed by atoms with Crippen LogP contribution in [0.3, 0.4) is 0 Å². The second-order valence-corrected chi connectivity index (χ2v) is 8.29. The Balaban J connectivity index is 1.80. The average Bonchev–Trinajstić information content (AvgIpc) is 3.39. The SMILES string of the molecule is CC1CCN(C(=O)c2cc(C3CC3)nc3onc(C(C)C)c23)C(CN)C1. The summed E-state index contributed by atoms with van der Waals surface area (Å²) in [4.78, 5) is 20.1. The molecule has 1 saturated carbocycles. The van der Waals surface area contributed by atoms with E-state index in [0.717, 1.165) is 49.0 Å². The van der Waals surface area contributed by atoms with Crippen molar-refractivity contribution in [3.05, 3.63) is 23.0 Å². The van der Waals surface area contributed by atoms with Crippen LogP contribution in [0.25, 0.3) is 11.1 Å². The fourth-order valence-corrected chi connectivity index (χ4v) is 4.04. The number of pyridine rings is 1. The van der Waals surface area contributed by atoms with E-state index in [-0.39, 0.29) is 17.9 Å². The molecule has 3 heterocycles. The number of fused-ring (bicyclic) bond motifs is 1. The maximum atomic E-state index is 13.5. The largest absolute Gasteiger partial charge is 0.335 e. The lowest BCUT2D eigenvalue weighted by molar-refractivity contribution is 0.0575. The van der Waals surface area contributed by atoms with E-state index in [1.807, 2.05) is 11.0 Å². The van der Waals surface area contributed by atoms with Crippen molar-refractivity contribution in [2.24, 2.45) is 11.7 Å². The molecule has 0 aromatic carbocycles. The number of carbonyl (C=O) groups is 1. The zero-order valence-electron chi connectivity index (χ0n) is 15.9. The average molecular weight is 356 g/mol. The zero-order chi connectivity index (χ0) is 18.4. The molecule has 0 spiro atoms. The van der Waals surface area contributed by atoms with Crippen molar-refractivity contribution in [3.8, 4) is 0 Å². The summed E-state index contributed by atoms with van der Waals surface area (Å²) in [6.45, 7) is 7.61. The quantitative estimate of drug-likeness (QED) is 0.907. The molecule has 1 aliphatic heterocycles. The van der Waals surface area contributed by atoms with Crippen LogP contribution in [0.1, 0.15) is 80.0 Å². The van der Waals surface area contributed by atoms with Crippen LogP contribution in [-0.2, 0) is 0 Å². The molecule has 0 bridgehead atoms. The molecule has 4 rings (SSSR count). The number of hydrogen-bond acceptors (Lipinski definition) is 5. The molecule has 2 aromatic rings. The number of aromatic nitrogens is 2. The molecule has 2 aliphatic rings. The third kappa shape index (κ3) is 3.00. The molecule has 2 aromatic heterocycles. The van der Waals surface area contributed by atoms with Gasteiger partial charge in [-0.3, -0.25) is 4.79 Å². The Morgan fingerprint density at radius 3 is 2.81 bits per heavy atom. The smallest absolute Gasteiger partial charge is 0.259 e. The Labute approximate surface area is 154 Å². The number of nitrogens with zero attached hydrogens (tertiary/aromatic N) is 3. The highest BCUT2D eigenvalue weighted by Crippen LogP contribution is 2.41. The van der Waals surface area contributed by atoms with Crippen molar-refractivity contribution in [2.75, 3.05) is 13.1 Å². The van der Waals surface area contributed by atoms with Gasteiger partial charge in [0, 0.05) is 30.7 Å². The topological polar surface area (TPSA) is 85.2 Å². The Morgan fingerprint density at radius 2 is 2.15 bits per heavy atom. The number of likely N-dealkylation sites (tertiary alicyclic amines) is 1. The Bertz CT molecular complexity index is 825. The Hall–Kier alpha value is -1.95. The molecular weight excluding hydrogens is 328 g/mol. The Kier molecular flexibility index (Phi) is 4.47. The summed E-state index contributed by atoms with van der Waals surface area (Å²) < 4.78 is 5.52. The van der Waals surface area contributed by atoms with Crippen LogP contribution >= 0.6 is 0 Å². The molecule has 2 atom stereocenters. The maximum Gasteiger partial charge on any atom is 0.259 e. The summed E-state index contributed by atoms with van der Waals surface area (Å²) in [6.07, 6.45) is 4.24. The summed E-state index contributed by atoms with van der Waals surface area (Å²) in [6, 6.07) is 2.08. The zero-order valence-corrected chi connectivity index (χ0v) is 15.9. The number of piperidine rings is 1. The van der Waals surface area contributed by atoms with Crippen LogP contribution < -0.4 is 5.73 Å². The number of amides is 1. The van der Waals surface area contributed by atoms with E-state index in [4.69, 9.17) is 10.3 Å². The van der Waals surface area contributed by atoms with Crippen molar-refractivity contribution < 1.29 is 9.32 Å². The van der Waals surface area contributed by atoms with Gasteiger partial charge in [-0.05, 0) is 43.6 Å². The van der Waals surface area contributed by atoms with Crippen LogP contribution in [0.2, 0.25) is 0 Å². The van der Waals surface area contributed by atoms with Crippen molar-refractivity contribution in [1.29, 1.82) is 0 Å². The van der Waals surface area contributed by atoms with E-state index in [9.17, 15) is 4.79 Å². The van der Waals surface area contributed by atoms with E-state index in [1.54, 1.807) is 0 Å². The molecule has 140 valence electrons. The monoisotopic (exact) mass is 356 g/mol. The highest BCUT2D eigenvalue weighted by atomic mass is 16.5. The molecular formula is C20H28N4O2. The van der Waals surface area contributed by atoms with E-state index < -0.39 is 0 Å². The minimum Gasteiger partial charge on any atom is -0.335 e. The molecule has 1 saturated heterocycles.